The summed E-state index contributed by atoms with van der Waals surface area (Å²) in [5.41, 5.74) is 0.914. The van der Waals surface area contributed by atoms with Gasteiger partial charge in [-0.05, 0) is 30.4 Å². The van der Waals surface area contributed by atoms with Crippen molar-refractivity contribution in [2.24, 2.45) is 16.7 Å². The highest BCUT2D eigenvalue weighted by Crippen LogP contribution is 2.63. The number of benzene rings is 1. The number of hydrogen-bond acceptors (Lipinski definition) is 4. The van der Waals surface area contributed by atoms with Crippen LogP contribution in [-0.2, 0) is 0 Å². The monoisotopic (exact) mass is 310 g/mol. The number of fused-ring (bicyclic) bond motifs is 5. The van der Waals surface area contributed by atoms with E-state index < -0.39 is 10.8 Å². The van der Waals surface area contributed by atoms with E-state index in [-0.39, 0.29) is 12.3 Å². The molecule has 2 bridgehead atoms. The van der Waals surface area contributed by atoms with Crippen LogP contribution in [0.3, 0.4) is 0 Å². The molecule has 1 aromatic carbocycles. The molecule has 0 amide bonds. The molecule has 3 unspecified atom stereocenters. The summed E-state index contributed by atoms with van der Waals surface area (Å²) >= 11 is 0. The van der Waals surface area contributed by atoms with Crippen molar-refractivity contribution in [1.82, 2.24) is 0 Å². The van der Waals surface area contributed by atoms with Crippen LogP contribution in [0.15, 0.2) is 35.9 Å². The van der Waals surface area contributed by atoms with Crippen molar-refractivity contribution in [2.75, 3.05) is 0 Å². The second-order valence-corrected chi connectivity index (χ2v) is 6.95. The number of nitriles is 4. The normalized spacial score (nSPS) is 30.0. The molecule has 4 nitrogen and oxygen atoms in total. The quantitative estimate of drug-likeness (QED) is 0.739. The Balaban J connectivity index is 1.75. The first-order valence-electron chi connectivity index (χ1n) is 8.12. The molecule has 0 aliphatic heterocycles. The van der Waals surface area contributed by atoms with Crippen LogP contribution in [0, 0.1) is 62.1 Å². The predicted molar refractivity (Wildman–Crippen MR) is 84.7 cm³/mol. The number of allylic oxidation sites excluding steroid dienone is 2. The molecule has 0 radical (unpaired) electrons. The zero-order valence-corrected chi connectivity index (χ0v) is 13.0. The van der Waals surface area contributed by atoms with Crippen LogP contribution >= 0.6 is 0 Å². The molecule has 0 heterocycles. The Morgan fingerprint density at radius 3 is 1.88 bits per heavy atom. The van der Waals surface area contributed by atoms with Gasteiger partial charge >= 0.3 is 0 Å². The molecule has 0 aromatic heterocycles. The largest absolute Gasteiger partial charge is 0.196 e. The smallest absolute Gasteiger partial charge is 0.181 e. The minimum Gasteiger partial charge on any atom is -0.196 e. The Labute approximate surface area is 140 Å². The summed E-state index contributed by atoms with van der Waals surface area (Å²) in [6, 6.07) is 16.3. The van der Waals surface area contributed by atoms with Gasteiger partial charge in [0.1, 0.15) is 0 Å². The summed E-state index contributed by atoms with van der Waals surface area (Å²) in [5.74, 6) is 0.375. The van der Waals surface area contributed by atoms with E-state index in [1.54, 1.807) is 0 Å². The van der Waals surface area contributed by atoms with Crippen LogP contribution in [0.25, 0.3) is 0 Å². The fourth-order valence-corrected chi connectivity index (χ4v) is 4.88. The van der Waals surface area contributed by atoms with Gasteiger partial charge in [0.2, 0.25) is 0 Å². The molecular formula is C20H14N4. The number of nitrogens with zero attached hydrogens (tertiary/aromatic N) is 4. The van der Waals surface area contributed by atoms with Crippen LogP contribution in [0.2, 0.25) is 0 Å². The summed E-state index contributed by atoms with van der Waals surface area (Å²) in [7, 11) is 0. The van der Waals surface area contributed by atoms with Crippen molar-refractivity contribution in [3.8, 4) is 24.3 Å². The Kier molecular flexibility index (Phi) is 2.85. The van der Waals surface area contributed by atoms with Gasteiger partial charge in [0.25, 0.3) is 0 Å². The third-order valence-electron chi connectivity index (χ3n) is 6.18. The lowest BCUT2D eigenvalue weighted by molar-refractivity contribution is 0.0703. The topological polar surface area (TPSA) is 95.2 Å². The van der Waals surface area contributed by atoms with E-state index in [2.05, 4.69) is 12.1 Å². The van der Waals surface area contributed by atoms with Crippen molar-refractivity contribution in [2.45, 2.75) is 31.1 Å². The molecule has 3 aliphatic rings. The van der Waals surface area contributed by atoms with Gasteiger partial charge in [0.15, 0.2) is 10.8 Å². The maximum atomic E-state index is 9.60. The van der Waals surface area contributed by atoms with E-state index in [9.17, 15) is 21.0 Å². The first kappa shape index (κ1) is 14.5. The minimum absolute atomic E-state index is 0.264. The Bertz CT molecular complexity index is 867. The molecule has 0 spiro atoms. The van der Waals surface area contributed by atoms with Crippen molar-refractivity contribution < 1.29 is 0 Å². The number of rotatable bonds is 1. The average Bonchev–Trinajstić information content (AvgIpc) is 3.15. The van der Waals surface area contributed by atoms with Crippen LogP contribution in [0.4, 0.5) is 0 Å². The van der Waals surface area contributed by atoms with Gasteiger partial charge in [-0.15, -0.1) is 0 Å². The lowest BCUT2D eigenvalue weighted by Gasteiger charge is -2.47. The molecule has 24 heavy (non-hydrogen) atoms. The summed E-state index contributed by atoms with van der Waals surface area (Å²) in [5, 5.41) is 37.9. The van der Waals surface area contributed by atoms with Crippen molar-refractivity contribution in [3.63, 3.8) is 0 Å². The fourth-order valence-electron chi connectivity index (χ4n) is 4.88. The Morgan fingerprint density at radius 1 is 0.875 bits per heavy atom. The Morgan fingerprint density at radius 2 is 1.42 bits per heavy atom. The van der Waals surface area contributed by atoms with Gasteiger partial charge in [0.05, 0.1) is 24.3 Å². The third kappa shape index (κ3) is 1.44. The van der Waals surface area contributed by atoms with E-state index in [1.807, 2.05) is 42.5 Å². The van der Waals surface area contributed by atoms with Crippen LogP contribution in [0.5, 0.6) is 0 Å². The molecule has 4 rings (SSSR count). The molecule has 114 valence electrons. The summed E-state index contributed by atoms with van der Waals surface area (Å²) in [6.07, 6.45) is 4.49. The van der Waals surface area contributed by atoms with Crippen molar-refractivity contribution >= 4 is 0 Å². The van der Waals surface area contributed by atoms with Crippen LogP contribution < -0.4 is 0 Å². The second-order valence-electron chi connectivity index (χ2n) is 6.95. The minimum atomic E-state index is -1.56. The van der Waals surface area contributed by atoms with Gasteiger partial charge < -0.3 is 0 Å². The maximum Gasteiger partial charge on any atom is 0.181 e. The maximum absolute atomic E-state index is 9.60. The average molecular weight is 310 g/mol. The molecule has 0 N–H and O–H groups in total. The summed E-state index contributed by atoms with van der Waals surface area (Å²) in [4.78, 5) is 0. The highest BCUT2D eigenvalue weighted by Gasteiger charge is 2.68. The predicted octanol–water partition coefficient (Wildman–Crippen LogP) is 3.67. The van der Waals surface area contributed by atoms with E-state index in [4.69, 9.17) is 0 Å². The van der Waals surface area contributed by atoms with E-state index in [1.165, 1.54) is 16.7 Å². The molecule has 2 saturated carbocycles. The molecular weight excluding hydrogens is 296 g/mol. The van der Waals surface area contributed by atoms with Gasteiger partial charge in [-0.2, -0.15) is 21.0 Å². The highest BCUT2D eigenvalue weighted by molar-refractivity contribution is 5.54. The summed E-state index contributed by atoms with van der Waals surface area (Å²) < 4.78 is 0. The fraction of sp³-hybridized carbons (Fsp3) is 0.400. The first-order chi connectivity index (χ1) is 11.7. The summed E-state index contributed by atoms with van der Waals surface area (Å²) in [6.45, 7) is 0. The van der Waals surface area contributed by atoms with Crippen molar-refractivity contribution in [1.29, 1.82) is 21.0 Å². The van der Waals surface area contributed by atoms with E-state index in [0.29, 0.717) is 11.8 Å². The van der Waals surface area contributed by atoms with E-state index in [0.717, 1.165) is 12.8 Å². The second kappa shape index (κ2) is 4.71. The van der Waals surface area contributed by atoms with Crippen molar-refractivity contribution in [3.05, 3.63) is 47.0 Å². The molecule has 2 fully saturated rings. The standard InChI is InChI=1S/C20H14N4/c21-9-19(10-22)8-13(20(19,11-23)12-24)7-18-16-5-6-17(18)15-4-2-1-3-14(15)16/h1-4,7,13,16-17H,5-6,8H2. The molecule has 0 saturated heterocycles. The lowest BCUT2D eigenvalue weighted by atomic mass is 9.45. The van der Waals surface area contributed by atoms with Crippen LogP contribution in [0.1, 0.15) is 42.2 Å². The SMILES string of the molecule is N#CC1(C#N)CC(C=C2C3CCC2c2ccccc23)C1(C#N)C#N. The van der Waals surface area contributed by atoms with Gasteiger partial charge in [0, 0.05) is 17.8 Å². The Hall–Kier alpha value is -3.08. The van der Waals surface area contributed by atoms with Crippen LogP contribution in [-0.4, -0.2) is 0 Å². The zero-order chi connectivity index (χ0) is 16.9. The first-order valence-corrected chi connectivity index (χ1v) is 8.12. The number of hydrogen-bond donors (Lipinski definition) is 0. The van der Waals surface area contributed by atoms with Gasteiger partial charge in [-0.3, -0.25) is 0 Å². The molecule has 1 aromatic rings. The zero-order valence-electron chi connectivity index (χ0n) is 13.0. The van der Waals surface area contributed by atoms with Gasteiger partial charge in [-0.25, -0.2) is 0 Å². The molecule has 4 heteroatoms. The lowest BCUT2D eigenvalue weighted by Crippen LogP contribution is -2.55. The third-order valence-corrected chi connectivity index (χ3v) is 6.18. The molecule has 3 atom stereocenters. The van der Waals surface area contributed by atoms with Gasteiger partial charge in [-0.1, -0.05) is 35.9 Å². The highest BCUT2D eigenvalue weighted by atomic mass is 14.7. The van der Waals surface area contributed by atoms with E-state index >= 15 is 0 Å². The molecule has 3 aliphatic carbocycles.